The third-order valence-corrected chi connectivity index (χ3v) is 6.29. The van der Waals surface area contributed by atoms with Crippen LogP contribution in [0.1, 0.15) is 0 Å². The number of ether oxygens (including phenoxy) is 1. The van der Waals surface area contributed by atoms with Crippen molar-refractivity contribution < 1.29 is 13.9 Å². The molecule has 3 aromatic heterocycles. The Balaban J connectivity index is 1.59. The molecule has 1 aromatic carbocycles. The van der Waals surface area contributed by atoms with Crippen LogP contribution in [-0.2, 0) is 11.3 Å². The molecule has 31 heavy (non-hydrogen) atoms. The van der Waals surface area contributed by atoms with Crippen LogP contribution in [0, 0.1) is 0 Å². The zero-order chi connectivity index (χ0) is 21.8. The zero-order valence-corrected chi connectivity index (χ0v) is 18.3. The largest absolute Gasteiger partial charge is 0.497 e. The Bertz CT molecular complexity index is 1290. The van der Waals surface area contributed by atoms with Crippen molar-refractivity contribution in [3.8, 4) is 17.1 Å². The van der Waals surface area contributed by atoms with Gasteiger partial charge in [0.15, 0.2) is 5.16 Å². The van der Waals surface area contributed by atoms with Gasteiger partial charge in [-0.2, -0.15) is 0 Å². The highest BCUT2D eigenvalue weighted by Crippen LogP contribution is 2.32. The van der Waals surface area contributed by atoms with Crippen LogP contribution in [0.25, 0.3) is 21.5 Å². The van der Waals surface area contributed by atoms with Crippen molar-refractivity contribution in [2.24, 2.45) is 0 Å². The van der Waals surface area contributed by atoms with E-state index < -0.39 is 0 Å². The van der Waals surface area contributed by atoms with Crippen LogP contribution < -0.4 is 15.6 Å². The van der Waals surface area contributed by atoms with E-state index in [4.69, 9.17) is 9.15 Å². The summed E-state index contributed by atoms with van der Waals surface area (Å²) in [6, 6.07) is 10.7. The average Bonchev–Trinajstić information content (AvgIpc) is 3.44. The molecule has 0 atom stereocenters. The smallest absolute Gasteiger partial charge is 0.263 e. The van der Waals surface area contributed by atoms with Gasteiger partial charge in [0.25, 0.3) is 5.56 Å². The van der Waals surface area contributed by atoms with Gasteiger partial charge in [0, 0.05) is 29.2 Å². The van der Waals surface area contributed by atoms with Gasteiger partial charge < -0.3 is 14.5 Å². The van der Waals surface area contributed by atoms with Gasteiger partial charge in [-0.15, -0.1) is 17.9 Å². The lowest BCUT2D eigenvalue weighted by molar-refractivity contribution is -0.113. The number of nitrogens with one attached hydrogen (secondary N) is 1. The number of furan rings is 1. The molecule has 0 radical (unpaired) electrons. The average molecular weight is 454 g/mol. The van der Waals surface area contributed by atoms with Gasteiger partial charge in [0.05, 0.1) is 24.5 Å². The maximum Gasteiger partial charge on any atom is 0.263 e. The summed E-state index contributed by atoms with van der Waals surface area (Å²) in [6.07, 6.45) is 3.20. The highest BCUT2D eigenvalue weighted by Gasteiger charge is 2.19. The van der Waals surface area contributed by atoms with Crippen molar-refractivity contribution in [1.82, 2.24) is 9.55 Å². The molecule has 0 spiro atoms. The van der Waals surface area contributed by atoms with Gasteiger partial charge in [-0.05, 0) is 24.3 Å². The third-order valence-electron chi connectivity index (χ3n) is 4.44. The number of amides is 1. The van der Waals surface area contributed by atoms with Gasteiger partial charge in [0.1, 0.15) is 16.3 Å². The predicted molar refractivity (Wildman–Crippen MR) is 124 cm³/mol. The Hall–Kier alpha value is -3.30. The summed E-state index contributed by atoms with van der Waals surface area (Å²) in [4.78, 5) is 30.9. The lowest BCUT2D eigenvalue weighted by atomic mass is 10.2. The fourth-order valence-corrected chi connectivity index (χ4v) is 4.82. The summed E-state index contributed by atoms with van der Waals surface area (Å²) in [5.41, 5.74) is 1.17. The molecule has 4 rings (SSSR count). The highest BCUT2D eigenvalue weighted by atomic mass is 32.2. The molecular weight excluding hydrogens is 434 g/mol. The first-order valence-electron chi connectivity index (χ1n) is 9.34. The molecule has 0 saturated heterocycles. The Labute approximate surface area is 186 Å². The van der Waals surface area contributed by atoms with Gasteiger partial charge in [-0.1, -0.05) is 23.9 Å². The van der Waals surface area contributed by atoms with Crippen LogP contribution in [0.2, 0.25) is 0 Å². The first kappa shape index (κ1) is 21.0. The predicted octanol–water partition coefficient (Wildman–Crippen LogP) is 4.64. The minimum Gasteiger partial charge on any atom is -0.497 e. The van der Waals surface area contributed by atoms with E-state index in [0.717, 1.165) is 0 Å². The molecule has 7 nitrogen and oxygen atoms in total. The molecule has 0 unspecified atom stereocenters. The number of hydrogen-bond donors (Lipinski definition) is 1. The summed E-state index contributed by atoms with van der Waals surface area (Å²) in [7, 11) is 1.57. The molecule has 1 N–H and O–H groups in total. The van der Waals surface area contributed by atoms with Crippen LogP contribution in [0.5, 0.6) is 5.75 Å². The Morgan fingerprint density at radius 2 is 2.26 bits per heavy atom. The molecule has 4 aromatic rings. The molecule has 0 saturated carbocycles. The molecule has 1 amide bonds. The number of anilines is 1. The van der Waals surface area contributed by atoms with Crippen LogP contribution in [0.15, 0.2) is 75.1 Å². The van der Waals surface area contributed by atoms with Crippen LogP contribution in [0.4, 0.5) is 5.69 Å². The van der Waals surface area contributed by atoms with Crippen molar-refractivity contribution in [3.63, 3.8) is 0 Å². The fraction of sp³-hybridized carbons (Fsp3) is 0.136. The maximum absolute atomic E-state index is 13.2. The Morgan fingerprint density at radius 1 is 1.39 bits per heavy atom. The quantitative estimate of drug-likeness (QED) is 0.238. The van der Waals surface area contributed by atoms with E-state index in [1.54, 1.807) is 49.8 Å². The summed E-state index contributed by atoms with van der Waals surface area (Å²) >= 11 is 2.57. The van der Waals surface area contributed by atoms with Crippen molar-refractivity contribution in [2.45, 2.75) is 11.7 Å². The van der Waals surface area contributed by atoms with Crippen LogP contribution in [0.3, 0.4) is 0 Å². The van der Waals surface area contributed by atoms with E-state index in [1.807, 2.05) is 11.4 Å². The van der Waals surface area contributed by atoms with E-state index >= 15 is 0 Å². The van der Waals surface area contributed by atoms with Gasteiger partial charge in [0.2, 0.25) is 5.91 Å². The van der Waals surface area contributed by atoms with E-state index in [0.29, 0.717) is 38.1 Å². The highest BCUT2D eigenvalue weighted by molar-refractivity contribution is 7.99. The van der Waals surface area contributed by atoms with Crippen molar-refractivity contribution >= 4 is 44.9 Å². The fourth-order valence-electron chi connectivity index (χ4n) is 3.05. The summed E-state index contributed by atoms with van der Waals surface area (Å²) < 4.78 is 12.2. The number of benzene rings is 1. The van der Waals surface area contributed by atoms with E-state index in [2.05, 4.69) is 16.9 Å². The van der Waals surface area contributed by atoms with Gasteiger partial charge >= 0.3 is 0 Å². The number of nitrogens with zero attached hydrogens (tertiary/aromatic N) is 2. The molecule has 0 bridgehead atoms. The number of thioether (sulfide) groups is 1. The van der Waals surface area contributed by atoms with Gasteiger partial charge in [-0.3, -0.25) is 14.2 Å². The number of fused-ring (bicyclic) bond motifs is 1. The number of aromatic nitrogens is 2. The lowest BCUT2D eigenvalue weighted by Gasteiger charge is -2.11. The van der Waals surface area contributed by atoms with Crippen molar-refractivity contribution in [1.29, 1.82) is 0 Å². The number of allylic oxidation sites excluding steroid dienone is 1. The number of rotatable bonds is 8. The Kier molecular flexibility index (Phi) is 6.24. The van der Waals surface area contributed by atoms with Crippen LogP contribution >= 0.6 is 23.1 Å². The summed E-state index contributed by atoms with van der Waals surface area (Å²) in [5.74, 6) is 1.17. The molecule has 0 aliphatic rings. The molecule has 9 heteroatoms. The minimum atomic E-state index is -0.208. The monoisotopic (exact) mass is 453 g/mol. The molecule has 0 fully saturated rings. The molecule has 3 heterocycles. The SMILES string of the molecule is C=CCn1c(SCC(=O)Nc2cccc(OC)c2)nc2scc(-c3ccco3)c2c1=O. The number of thiophene rings is 1. The topological polar surface area (TPSA) is 86.4 Å². The molecule has 158 valence electrons. The maximum atomic E-state index is 13.2. The van der Waals surface area contributed by atoms with Gasteiger partial charge in [-0.25, -0.2) is 4.98 Å². The number of carbonyl (C=O) groups is 1. The number of carbonyl (C=O) groups excluding carboxylic acids is 1. The second-order valence-corrected chi connectivity index (χ2v) is 8.28. The minimum absolute atomic E-state index is 0.0999. The Morgan fingerprint density at radius 3 is 3.00 bits per heavy atom. The number of hydrogen-bond acceptors (Lipinski definition) is 7. The van der Waals surface area contributed by atoms with E-state index in [1.165, 1.54) is 27.7 Å². The zero-order valence-electron chi connectivity index (χ0n) is 16.7. The van der Waals surface area contributed by atoms with E-state index in [9.17, 15) is 9.59 Å². The normalized spacial score (nSPS) is 10.9. The van der Waals surface area contributed by atoms with Crippen molar-refractivity contribution in [2.75, 3.05) is 18.2 Å². The van der Waals surface area contributed by atoms with Crippen LogP contribution in [-0.4, -0.2) is 28.3 Å². The standard InChI is InChI=1S/C22H19N3O4S2/c1-3-9-25-21(27)19-16(17-8-5-10-29-17)12-30-20(19)24-22(25)31-13-18(26)23-14-6-4-7-15(11-14)28-2/h3-8,10-12H,1,9,13H2,2H3,(H,23,26). The lowest BCUT2D eigenvalue weighted by Crippen LogP contribution is -2.23. The first-order valence-corrected chi connectivity index (χ1v) is 11.2. The second-order valence-electron chi connectivity index (χ2n) is 6.47. The molecule has 0 aliphatic heterocycles. The first-order chi connectivity index (χ1) is 15.1. The molecular formula is C22H19N3O4S2. The third kappa shape index (κ3) is 4.42. The van der Waals surface area contributed by atoms with Crippen molar-refractivity contribution in [3.05, 3.63) is 71.1 Å². The molecule has 0 aliphatic carbocycles. The second kappa shape index (κ2) is 9.23. The van der Waals surface area contributed by atoms with E-state index in [-0.39, 0.29) is 23.8 Å². The number of methoxy groups -OCH3 is 1. The summed E-state index contributed by atoms with van der Waals surface area (Å²) in [6.45, 7) is 4.03. The summed E-state index contributed by atoms with van der Waals surface area (Å²) in [5, 5.41) is 5.66.